The van der Waals surface area contributed by atoms with Gasteiger partial charge in [-0.1, -0.05) is 59.7 Å². The Morgan fingerprint density at radius 2 is 1.42 bits per heavy atom. The van der Waals surface area contributed by atoms with Crippen molar-refractivity contribution in [3.63, 3.8) is 0 Å². The van der Waals surface area contributed by atoms with Crippen molar-refractivity contribution in [3.05, 3.63) is 29.3 Å². The summed E-state index contributed by atoms with van der Waals surface area (Å²) in [6.45, 7) is 18.8. The van der Waals surface area contributed by atoms with E-state index in [0.29, 0.717) is 11.8 Å². The maximum Gasteiger partial charge on any atom is 0.209 e. The van der Waals surface area contributed by atoms with Crippen LogP contribution in [0.3, 0.4) is 0 Å². The van der Waals surface area contributed by atoms with Gasteiger partial charge in [0, 0.05) is 42.4 Å². The highest BCUT2D eigenvalue weighted by molar-refractivity contribution is 9.50. The highest BCUT2D eigenvalue weighted by atomic mass is 79.9. The molecule has 4 heteroatoms. The molecular weight excluding hydrogens is 425 g/mol. The summed E-state index contributed by atoms with van der Waals surface area (Å²) < 4.78 is 1.96. The predicted octanol–water partition coefficient (Wildman–Crippen LogP) is 6.78. The molecule has 0 radical (unpaired) electrons. The van der Waals surface area contributed by atoms with Crippen molar-refractivity contribution in [1.29, 1.82) is 0 Å². The summed E-state index contributed by atoms with van der Waals surface area (Å²) in [5, 5.41) is 0. The Kier molecular flexibility index (Phi) is 5.82. The van der Waals surface area contributed by atoms with E-state index in [4.69, 9.17) is 0 Å². The van der Waals surface area contributed by atoms with Gasteiger partial charge in [0.15, 0.2) is 5.54 Å². The van der Waals surface area contributed by atoms with Gasteiger partial charge in [-0.25, -0.2) is 4.58 Å². The quantitative estimate of drug-likeness (QED) is 0.347. The molecule has 1 aliphatic heterocycles. The van der Waals surface area contributed by atoms with Crippen LogP contribution in [0.4, 0.5) is 5.69 Å². The van der Waals surface area contributed by atoms with E-state index in [-0.39, 0.29) is 11.0 Å². The van der Waals surface area contributed by atoms with Crippen molar-refractivity contribution in [2.24, 2.45) is 5.41 Å². The second kappa shape index (κ2) is 6.91. The molecule has 1 heterocycles. The minimum atomic E-state index is -0.704. The van der Waals surface area contributed by atoms with Crippen LogP contribution in [0, 0.1) is 5.41 Å². The molecule has 0 aliphatic carbocycles. The summed E-state index contributed by atoms with van der Waals surface area (Å²) in [7, 11) is 0. The van der Waals surface area contributed by atoms with E-state index in [9.17, 15) is 0 Å². The van der Waals surface area contributed by atoms with E-state index in [0.717, 1.165) is 0 Å². The molecule has 0 saturated heterocycles. The van der Waals surface area contributed by atoms with Crippen LogP contribution < -0.4 is 0 Å². The van der Waals surface area contributed by atoms with Crippen LogP contribution in [-0.4, -0.2) is 20.1 Å². The number of rotatable bonds is 4. The third-order valence-electron chi connectivity index (χ3n) is 5.35. The Hall–Kier alpha value is -0.0851. The van der Waals surface area contributed by atoms with Crippen molar-refractivity contribution in [3.8, 4) is 0 Å². The molecule has 0 bridgehead atoms. The fourth-order valence-corrected chi connectivity index (χ4v) is 6.64. The number of benzene rings is 1. The van der Waals surface area contributed by atoms with E-state index in [1.54, 1.807) is 0 Å². The van der Waals surface area contributed by atoms with E-state index < -0.39 is 4.36 Å². The summed E-state index contributed by atoms with van der Waals surface area (Å²) >= 11 is 7.82. The molecule has 1 aliphatic rings. The maximum absolute atomic E-state index is 3.91. The van der Waals surface area contributed by atoms with Gasteiger partial charge in [0.2, 0.25) is 10.0 Å². The first-order valence-corrected chi connectivity index (χ1v) is 11.4. The SMILES string of the molecule is CC(C)c1cccc(C(C)C)c1[N+]1=C([BH-](Br)Br)C(C)(C)CC1(C)C. The number of halogens is 2. The Balaban J connectivity index is 2.93. The maximum atomic E-state index is 3.91. The molecule has 0 saturated carbocycles. The van der Waals surface area contributed by atoms with Crippen molar-refractivity contribution < 1.29 is 4.58 Å². The first-order valence-electron chi connectivity index (χ1n) is 9.15. The van der Waals surface area contributed by atoms with Crippen molar-refractivity contribution in [2.45, 2.75) is 79.2 Å². The van der Waals surface area contributed by atoms with E-state index in [1.165, 1.54) is 28.8 Å². The zero-order valence-electron chi connectivity index (χ0n) is 16.5. The number of para-hydroxylation sites is 1. The van der Waals surface area contributed by atoms with Crippen LogP contribution in [0.1, 0.15) is 84.8 Å². The monoisotopic (exact) mass is 455 g/mol. The van der Waals surface area contributed by atoms with Gasteiger partial charge < -0.3 is 31.5 Å². The van der Waals surface area contributed by atoms with Crippen molar-refractivity contribution >= 4 is 47.2 Å². The molecule has 0 amide bonds. The highest BCUT2D eigenvalue weighted by Gasteiger charge is 2.51. The smallest absolute Gasteiger partial charge is 0.209 e. The zero-order chi connectivity index (χ0) is 18.4. The van der Waals surface area contributed by atoms with Gasteiger partial charge in [-0.2, -0.15) is 0 Å². The largest absolute Gasteiger partial charge is 0.331 e. The van der Waals surface area contributed by atoms with Crippen molar-refractivity contribution in [1.82, 2.24) is 0 Å². The third kappa shape index (κ3) is 3.56. The zero-order valence-corrected chi connectivity index (χ0v) is 19.7. The summed E-state index contributed by atoms with van der Waals surface area (Å²) in [5.41, 5.74) is 6.19. The van der Waals surface area contributed by atoms with E-state index >= 15 is 0 Å². The second-order valence-corrected chi connectivity index (χ2v) is 12.9. The Bertz CT molecular complexity index is 631. The van der Waals surface area contributed by atoms with Crippen LogP contribution in [0.5, 0.6) is 0 Å². The first-order chi connectivity index (χ1) is 10.9. The average Bonchev–Trinajstić information content (AvgIpc) is 2.61. The van der Waals surface area contributed by atoms with Gasteiger partial charge >= 0.3 is 0 Å². The van der Waals surface area contributed by atoms with Crippen molar-refractivity contribution in [2.75, 3.05) is 0 Å². The predicted molar refractivity (Wildman–Crippen MR) is 117 cm³/mol. The number of hydrogen-bond acceptors (Lipinski definition) is 0. The Morgan fingerprint density at radius 3 is 1.79 bits per heavy atom. The van der Waals surface area contributed by atoms with Gasteiger partial charge in [-0.3, -0.25) is 0 Å². The fraction of sp³-hybridized carbons (Fsp3) is 0.650. The normalized spacial score (nSPS) is 19.9. The molecule has 1 aromatic carbocycles. The van der Waals surface area contributed by atoms with Crippen LogP contribution in [0.2, 0.25) is 0 Å². The minimum Gasteiger partial charge on any atom is -0.331 e. The lowest BCUT2D eigenvalue weighted by Gasteiger charge is -2.26. The third-order valence-corrected chi connectivity index (χ3v) is 6.41. The van der Waals surface area contributed by atoms with E-state index in [1.807, 2.05) is 0 Å². The molecule has 0 spiro atoms. The van der Waals surface area contributed by atoms with E-state index in [2.05, 4.69) is 110 Å². The number of hydrogen-bond donors (Lipinski definition) is 0. The average molecular weight is 457 g/mol. The molecule has 134 valence electrons. The summed E-state index contributed by atoms with van der Waals surface area (Å²) in [6, 6.07) is 6.87. The van der Waals surface area contributed by atoms with Gasteiger partial charge in [-0.15, -0.1) is 0 Å². The lowest BCUT2D eigenvalue weighted by atomic mass is 9.74. The molecule has 0 fully saturated rings. The van der Waals surface area contributed by atoms with Gasteiger partial charge in [0.25, 0.3) is 0 Å². The lowest BCUT2D eigenvalue weighted by Crippen LogP contribution is -2.35. The topological polar surface area (TPSA) is 3.01 Å². The van der Waals surface area contributed by atoms with Crippen LogP contribution in [-0.2, 0) is 0 Å². The first kappa shape index (κ1) is 20.2. The molecule has 0 atom stereocenters. The second-order valence-electron chi connectivity index (χ2n) is 9.12. The molecule has 0 aromatic heterocycles. The molecular formula is C20H32BBr2N. The van der Waals surface area contributed by atoms with Crippen LogP contribution >= 0.6 is 31.5 Å². The van der Waals surface area contributed by atoms with Crippen LogP contribution in [0.15, 0.2) is 18.2 Å². The fourth-order valence-electron chi connectivity index (χ4n) is 4.62. The van der Waals surface area contributed by atoms with Gasteiger partial charge in [0.1, 0.15) is 0 Å². The Labute approximate surface area is 165 Å². The summed E-state index contributed by atoms with van der Waals surface area (Å²) in [5.74, 6) is 1.03. The minimum absolute atomic E-state index is 0.111. The molecule has 0 N–H and O–H groups in total. The summed E-state index contributed by atoms with van der Waals surface area (Å²) in [4.78, 5) is 0. The Morgan fingerprint density at radius 1 is 0.958 bits per heavy atom. The molecule has 0 unspecified atom stereocenters. The number of nitrogens with zero attached hydrogens (tertiary/aromatic N) is 1. The van der Waals surface area contributed by atoms with Crippen LogP contribution in [0.25, 0.3) is 0 Å². The summed E-state index contributed by atoms with van der Waals surface area (Å²) in [6.07, 6.45) is 1.17. The standard InChI is InChI=1S/C20H32BBr2N/c1-13(2)15-10-9-11-16(14(3)4)17(15)24-18(21(22)23)19(5,6)12-20(24,7)8/h9-11,13-14,21H,12H2,1-8H3. The lowest BCUT2D eigenvalue weighted by molar-refractivity contribution is -0.515. The van der Waals surface area contributed by atoms with Gasteiger partial charge in [0.05, 0.1) is 0 Å². The molecule has 2 rings (SSSR count). The van der Waals surface area contributed by atoms with Gasteiger partial charge in [-0.05, 0) is 11.8 Å². The highest BCUT2D eigenvalue weighted by Crippen LogP contribution is 2.47. The molecule has 1 nitrogen and oxygen atoms in total. The molecule has 1 aromatic rings. The molecule has 24 heavy (non-hydrogen) atoms.